The number of carbonyl (C=O) groups excluding carboxylic acids is 2. The third-order valence-electron chi connectivity index (χ3n) is 8.65. The first kappa shape index (κ1) is 28.8. The average Bonchev–Trinajstić information content (AvgIpc) is 3.82. The van der Waals surface area contributed by atoms with E-state index in [2.05, 4.69) is 45.8 Å². The molecule has 10 heteroatoms. The van der Waals surface area contributed by atoms with Crippen LogP contribution in [0, 0.1) is 34.0 Å². The van der Waals surface area contributed by atoms with Crippen molar-refractivity contribution in [3.05, 3.63) is 41.6 Å². The van der Waals surface area contributed by atoms with Crippen LogP contribution in [-0.4, -0.2) is 57.1 Å². The lowest BCUT2D eigenvalue weighted by Crippen LogP contribution is -2.49. The molecule has 2 heterocycles. The van der Waals surface area contributed by atoms with Crippen LogP contribution in [0.1, 0.15) is 83.8 Å². The second kappa shape index (κ2) is 10.8. The minimum absolute atomic E-state index is 0.0763. The molecule has 2 unspecified atom stereocenters. The van der Waals surface area contributed by atoms with Gasteiger partial charge in [0.1, 0.15) is 17.5 Å². The van der Waals surface area contributed by atoms with Crippen LogP contribution in [-0.2, 0) is 9.53 Å². The summed E-state index contributed by atoms with van der Waals surface area (Å²) in [6.45, 7) is 8.24. The fourth-order valence-electron chi connectivity index (χ4n) is 6.42. The number of ether oxygens (including phenoxy) is 1. The van der Waals surface area contributed by atoms with E-state index >= 15 is 0 Å². The van der Waals surface area contributed by atoms with Crippen molar-refractivity contribution in [2.45, 2.75) is 96.4 Å². The van der Waals surface area contributed by atoms with E-state index in [9.17, 15) is 9.59 Å². The predicted molar refractivity (Wildman–Crippen MR) is 162 cm³/mol. The number of nitrogens with zero attached hydrogens (tertiary/aromatic N) is 4. The number of benzene rings is 1. The van der Waals surface area contributed by atoms with E-state index in [-0.39, 0.29) is 22.8 Å². The third kappa shape index (κ3) is 6.54. The van der Waals surface area contributed by atoms with Gasteiger partial charge >= 0.3 is 6.09 Å². The molecular formula is C33H39N7O3. The van der Waals surface area contributed by atoms with Crippen molar-refractivity contribution in [3.8, 4) is 17.9 Å². The molecule has 0 radical (unpaired) electrons. The molecule has 2 aromatic rings. The van der Waals surface area contributed by atoms with Gasteiger partial charge in [0.05, 0.1) is 23.4 Å². The minimum atomic E-state index is -0.593. The standard InChI is InChI=1S/C33H39N7O3/c1-31(2,3)43-30(42)40-15-5-6-25(40)28(41)38-26-16-33(26)19-32(4,20-33)14-13-22-18-35-29(39-27(22)36-23-11-12-23)37-24-9-7-21(17-34)8-10-24/h7-10,18,23,25-26H,5-6,11-12,15-16,19-20H2,1-4H3,(H,38,41)(H2,35,36,37,39). The van der Waals surface area contributed by atoms with Crippen molar-refractivity contribution in [2.24, 2.45) is 10.8 Å². The molecule has 4 aliphatic rings. The summed E-state index contributed by atoms with van der Waals surface area (Å²) in [5.41, 5.74) is 1.52. The molecular weight excluding hydrogens is 542 g/mol. The number of nitriles is 1. The Hall–Kier alpha value is -4.31. The van der Waals surface area contributed by atoms with Crippen LogP contribution in [0.2, 0.25) is 0 Å². The van der Waals surface area contributed by atoms with Gasteiger partial charge in [-0.2, -0.15) is 10.2 Å². The van der Waals surface area contributed by atoms with E-state index in [1.807, 2.05) is 32.9 Å². The molecule has 1 aromatic carbocycles. The van der Waals surface area contributed by atoms with E-state index in [1.165, 1.54) is 0 Å². The predicted octanol–water partition coefficient (Wildman–Crippen LogP) is 5.09. The molecule has 3 aliphatic carbocycles. The Morgan fingerprint density at radius 1 is 1.14 bits per heavy atom. The summed E-state index contributed by atoms with van der Waals surface area (Å²) in [4.78, 5) is 36.6. The van der Waals surface area contributed by atoms with Crippen LogP contribution in [0.3, 0.4) is 0 Å². The van der Waals surface area contributed by atoms with Gasteiger partial charge in [-0.05, 0) is 102 Å². The maximum atomic E-state index is 13.2. The van der Waals surface area contributed by atoms with Gasteiger partial charge in [-0.25, -0.2) is 9.78 Å². The van der Waals surface area contributed by atoms with Crippen LogP contribution in [0.4, 0.5) is 22.2 Å². The Kier molecular flexibility index (Phi) is 7.20. The first-order chi connectivity index (χ1) is 20.4. The van der Waals surface area contributed by atoms with E-state index in [4.69, 9.17) is 15.0 Å². The van der Waals surface area contributed by atoms with E-state index in [0.29, 0.717) is 30.5 Å². The summed E-state index contributed by atoms with van der Waals surface area (Å²) in [5, 5.41) is 19.0. The van der Waals surface area contributed by atoms with Crippen LogP contribution in [0.5, 0.6) is 0 Å². The quantitative estimate of drug-likeness (QED) is 0.402. The highest BCUT2D eigenvalue weighted by atomic mass is 16.6. The molecule has 1 aliphatic heterocycles. The van der Waals surface area contributed by atoms with Crippen molar-refractivity contribution < 1.29 is 14.3 Å². The molecule has 1 saturated heterocycles. The number of anilines is 3. The lowest BCUT2D eigenvalue weighted by atomic mass is 9.60. The lowest BCUT2D eigenvalue weighted by Gasteiger charge is -2.43. The smallest absolute Gasteiger partial charge is 0.410 e. The van der Waals surface area contributed by atoms with Crippen LogP contribution >= 0.6 is 0 Å². The van der Waals surface area contributed by atoms with Gasteiger partial charge in [-0.3, -0.25) is 9.69 Å². The number of likely N-dealkylation sites (tertiary alicyclic amines) is 1. The summed E-state index contributed by atoms with van der Waals surface area (Å²) in [7, 11) is 0. The minimum Gasteiger partial charge on any atom is -0.444 e. The molecule has 4 fully saturated rings. The molecule has 2 atom stereocenters. The van der Waals surface area contributed by atoms with E-state index in [1.54, 1.807) is 23.2 Å². The van der Waals surface area contributed by atoms with Crippen LogP contribution < -0.4 is 16.0 Å². The fraction of sp³-hybridized carbons (Fsp3) is 0.545. The number of rotatable bonds is 6. The first-order valence-corrected chi connectivity index (χ1v) is 15.2. The number of hydrogen-bond acceptors (Lipinski definition) is 8. The SMILES string of the molecule is CC1(C#Cc2cnc(Nc3ccc(C#N)cc3)nc2NC2CC2)CC2(CC2NC(=O)C2CCCN2C(=O)OC(C)(C)C)C1. The molecule has 3 saturated carbocycles. The second-order valence-corrected chi connectivity index (χ2v) is 13.8. The summed E-state index contributed by atoms with van der Waals surface area (Å²) in [5.74, 6) is 7.96. The Labute approximate surface area is 253 Å². The molecule has 10 nitrogen and oxygen atoms in total. The normalized spacial score (nSPS) is 27.3. The van der Waals surface area contributed by atoms with Gasteiger partial charge in [-0.15, -0.1) is 0 Å². The Morgan fingerprint density at radius 2 is 1.88 bits per heavy atom. The molecule has 3 N–H and O–H groups in total. The van der Waals surface area contributed by atoms with Crippen molar-refractivity contribution in [1.82, 2.24) is 20.2 Å². The topological polar surface area (TPSA) is 132 Å². The zero-order valence-corrected chi connectivity index (χ0v) is 25.3. The van der Waals surface area contributed by atoms with Crippen molar-refractivity contribution in [1.29, 1.82) is 5.26 Å². The molecule has 224 valence electrons. The summed E-state index contributed by atoms with van der Waals surface area (Å²) in [6, 6.07) is 9.34. The third-order valence-corrected chi connectivity index (χ3v) is 8.65. The molecule has 0 bridgehead atoms. The zero-order valence-electron chi connectivity index (χ0n) is 25.3. The van der Waals surface area contributed by atoms with Gasteiger partial charge in [-0.1, -0.05) is 11.8 Å². The molecule has 1 aromatic heterocycles. The number of aromatic nitrogens is 2. The highest BCUT2D eigenvalue weighted by Crippen LogP contribution is 2.68. The summed E-state index contributed by atoms with van der Waals surface area (Å²) >= 11 is 0. The summed E-state index contributed by atoms with van der Waals surface area (Å²) < 4.78 is 5.53. The van der Waals surface area contributed by atoms with Crippen LogP contribution in [0.15, 0.2) is 30.5 Å². The second-order valence-electron chi connectivity index (χ2n) is 13.8. The molecule has 1 spiro atoms. The van der Waals surface area contributed by atoms with E-state index < -0.39 is 17.7 Å². The largest absolute Gasteiger partial charge is 0.444 e. The highest BCUT2D eigenvalue weighted by molar-refractivity contribution is 5.87. The summed E-state index contributed by atoms with van der Waals surface area (Å²) in [6.07, 6.45) is 7.81. The maximum Gasteiger partial charge on any atom is 0.410 e. The highest BCUT2D eigenvalue weighted by Gasteiger charge is 2.66. The van der Waals surface area contributed by atoms with Crippen molar-refractivity contribution in [3.63, 3.8) is 0 Å². The average molecular weight is 582 g/mol. The van der Waals surface area contributed by atoms with Gasteiger partial charge in [0.15, 0.2) is 0 Å². The van der Waals surface area contributed by atoms with Crippen molar-refractivity contribution in [2.75, 3.05) is 17.2 Å². The maximum absolute atomic E-state index is 13.2. The van der Waals surface area contributed by atoms with Crippen LogP contribution in [0.25, 0.3) is 0 Å². The number of carbonyl (C=O) groups is 2. The Morgan fingerprint density at radius 3 is 2.56 bits per heavy atom. The first-order valence-electron chi connectivity index (χ1n) is 15.2. The van der Waals surface area contributed by atoms with Gasteiger partial charge in [0, 0.05) is 29.7 Å². The monoisotopic (exact) mass is 581 g/mol. The fourth-order valence-corrected chi connectivity index (χ4v) is 6.42. The molecule has 43 heavy (non-hydrogen) atoms. The Bertz CT molecular complexity index is 1520. The van der Waals surface area contributed by atoms with Gasteiger partial charge < -0.3 is 20.7 Å². The lowest BCUT2D eigenvalue weighted by molar-refractivity contribution is -0.126. The Balaban J connectivity index is 1.06. The molecule has 6 rings (SSSR count). The number of nitrogens with one attached hydrogen (secondary N) is 3. The zero-order chi connectivity index (χ0) is 30.4. The van der Waals surface area contributed by atoms with Gasteiger partial charge in [0.25, 0.3) is 0 Å². The van der Waals surface area contributed by atoms with E-state index in [0.717, 1.165) is 55.6 Å². The molecule has 2 amide bonds. The van der Waals surface area contributed by atoms with Crippen molar-refractivity contribution >= 4 is 29.5 Å². The van der Waals surface area contributed by atoms with Gasteiger partial charge in [0.2, 0.25) is 11.9 Å². The number of amides is 2. The number of hydrogen-bond donors (Lipinski definition) is 3.